The van der Waals surface area contributed by atoms with Crippen LogP contribution in [-0.4, -0.2) is 74.9 Å². The van der Waals surface area contributed by atoms with Crippen molar-refractivity contribution < 1.29 is 19.5 Å². The van der Waals surface area contributed by atoms with E-state index in [9.17, 15) is 19.5 Å². The molecule has 3 fully saturated rings. The highest BCUT2D eigenvalue weighted by Crippen LogP contribution is 2.69. The average Bonchev–Trinajstić information content (AvgIpc) is 3.56. The summed E-state index contributed by atoms with van der Waals surface area (Å²) in [4.78, 5) is 48.3. The van der Waals surface area contributed by atoms with Gasteiger partial charge in [-0.3, -0.25) is 14.4 Å². The highest BCUT2D eigenvalue weighted by Gasteiger charge is 2.76. The van der Waals surface area contributed by atoms with Crippen LogP contribution in [0.15, 0.2) is 73.8 Å². The third-order valence-electron chi connectivity index (χ3n) is 9.02. The van der Waals surface area contributed by atoms with Crippen LogP contribution in [0.2, 0.25) is 5.02 Å². The molecule has 3 heterocycles. The van der Waals surface area contributed by atoms with Crippen molar-refractivity contribution in [2.24, 2.45) is 17.8 Å². The lowest BCUT2D eigenvalue weighted by molar-refractivity contribution is -0.144. The summed E-state index contributed by atoms with van der Waals surface area (Å²) in [7, 11) is 0. The molecule has 5 rings (SSSR count). The van der Waals surface area contributed by atoms with Crippen LogP contribution in [0.4, 0.5) is 5.69 Å². The van der Waals surface area contributed by atoms with E-state index in [0.717, 1.165) is 17.5 Å². The molecular weight excluding hydrogens is 570 g/mol. The first-order chi connectivity index (χ1) is 20.2. The van der Waals surface area contributed by atoms with Gasteiger partial charge in [-0.15, -0.1) is 24.9 Å². The van der Waals surface area contributed by atoms with Gasteiger partial charge >= 0.3 is 0 Å². The van der Waals surface area contributed by atoms with Crippen LogP contribution in [-0.2, 0) is 20.9 Å². The molecule has 1 N–H and O–H groups in total. The van der Waals surface area contributed by atoms with E-state index in [1.54, 1.807) is 39.8 Å². The van der Waals surface area contributed by atoms with Crippen molar-refractivity contribution in [3.05, 3.63) is 90.0 Å². The molecule has 3 aliphatic rings. The van der Waals surface area contributed by atoms with Gasteiger partial charge in [-0.05, 0) is 36.5 Å². The van der Waals surface area contributed by atoms with Crippen LogP contribution in [0.25, 0.3) is 0 Å². The van der Waals surface area contributed by atoms with Crippen molar-refractivity contribution in [2.75, 3.05) is 31.1 Å². The van der Waals surface area contributed by atoms with Crippen LogP contribution < -0.4 is 4.90 Å². The standard InChI is InChI=1S/C33H38ClN3O4S/c1-5-15-35(20-23-12-8-7-9-13-23)30(39)26-25-19-22(4)33(42-25)27(26)31(40)37(17-18-38)29(33)32(41)36(16-6-2)28-21(3)11-10-14-24(28)34/h5-14,22,25-27,29,38H,1-2,15-20H2,3-4H3/t22?,25-,26+,27-,29?,33?/m0/s1. The number of carbonyl (C=O) groups excluding carboxylic acids is 3. The van der Waals surface area contributed by atoms with Crippen LogP contribution in [0, 0.1) is 24.7 Å². The third kappa shape index (κ3) is 4.87. The van der Waals surface area contributed by atoms with Crippen LogP contribution in [0.3, 0.4) is 0 Å². The summed E-state index contributed by atoms with van der Waals surface area (Å²) in [5.74, 6) is -1.85. The van der Waals surface area contributed by atoms with Crippen molar-refractivity contribution in [1.82, 2.24) is 9.80 Å². The Morgan fingerprint density at radius 1 is 1.12 bits per heavy atom. The SMILES string of the molecule is C=CCN(Cc1ccccc1)C(=O)[C@@H]1[C@@H]2CC(C)C3(S2)C(C(=O)N(CC=C)c2c(C)cccc2Cl)N(CCO)C(=O)[C@H]13. The first-order valence-corrected chi connectivity index (χ1v) is 15.7. The second-order valence-corrected chi connectivity index (χ2v) is 13.4. The molecule has 2 aromatic rings. The number of β-amino-alcohol motifs (C(OH)–C–C–N with tert-alkyl or cyclic N) is 1. The van der Waals surface area contributed by atoms with Crippen molar-refractivity contribution in [1.29, 1.82) is 0 Å². The number of hydrogen-bond donors (Lipinski definition) is 1. The average molecular weight is 608 g/mol. The van der Waals surface area contributed by atoms with Crippen LogP contribution in [0.5, 0.6) is 0 Å². The number of fused-ring (bicyclic) bond motifs is 1. The number of amides is 3. The molecule has 3 unspecified atom stereocenters. The van der Waals surface area contributed by atoms with Gasteiger partial charge in [-0.25, -0.2) is 0 Å². The fourth-order valence-electron chi connectivity index (χ4n) is 7.37. The van der Waals surface area contributed by atoms with E-state index >= 15 is 0 Å². The Morgan fingerprint density at radius 2 is 1.83 bits per heavy atom. The molecular formula is C33H38ClN3O4S. The zero-order chi connectivity index (χ0) is 30.2. The minimum atomic E-state index is -0.859. The summed E-state index contributed by atoms with van der Waals surface area (Å²) >= 11 is 8.26. The van der Waals surface area contributed by atoms with Crippen molar-refractivity contribution in [2.45, 2.75) is 42.9 Å². The smallest absolute Gasteiger partial charge is 0.251 e. The number of benzene rings is 2. The molecule has 0 radical (unpaired) electrons. The Bertz CT molecular complexity index is 1370. The zero-order valence-corrected chi connectivity index (χ0v) is 25.7. The molecule has 3 saturated heterocycles. The number of likely N-dealkylation sites (tertiary alicyclic amines) is 1. The van der Waals surface area contributed by atoms with E-state index < -0.39 is 22.6 Å². The van der Waals surface area contributed by atoms with Crippen molar-refractivity contribution in [3.63, 3.8) is 0 Å². The lowest BCUT2D eigenvalue weighted by atomic mass is 9.65. The third-order valence-corrected chi connectivity index (χ3v) is 11.4. The zero-order valence-electron chi connectivity index (χ0n) is 24.1. The lowest BCUT2D eigenvalue weighted by Crippen LogP contribution is -2.58. The van der Waals surface area contributed by atoms with Gasteiger partial charge in [-0.2, -0.15) is 0 Å². The highest BCUT2D eigenvalue weighted by molar-refractivity contribution is 8.02. The number of hydrogen-bond acceptors (Lipinski definition) is 5. The molecule has 6 atom stereocenters. The van der Waals surface area contributed by atoms with Crippen LogP contribution >= 0.6 is 23.4 Å². The van der Waals surface area contributed by atoms with E-state index in [-0.39, 0.29) is 48.6 Å². The first kappa shape index (κ1) is 30.4. The van der Waals surface area contributed by atoms with E-state index in [4.69, 9.17) is 11.6 Å². The van der Waals surface area contributed by atoms with Gasteiger partial charge in [-0.1, -0.05) is 73.1 Å². The molecule has 9 heteroatoms. The van der Waals surface area contributed by atoms with Gasteiger partial charge in [0.2, 0.25) is 11.8 Å². The predicted molar refractivity (Wildman–Crippen MR) is 168 cm³/mol. The summed E-state index contributed by atoms with van der Waals surface area (Å²) in [6.45, 7) is 12.4. The number of aliphatic hydroxyl groups excluding tert-OH is 1. The summed E-state index contributed by atoms with van der Waals surface area (Å²) < 4.78 is -0.810. The fourth-order valence-corrected chi connectivity index (χ4v) is 10.1. The Labute approximate surface area is 257 Å². The maximum atomic E-state index is 14.7. The van der Waals surface area contributed by atoms with Crippen molar-refractivity contribution >= 4 is 46.8 Å². The molecule has 0 aliphatic carbocycles. The molecule has 0 aromatic heterocycles. The Hall–Kier alpha value is -3.07. The molecule has 222 valence electrons. The second kappa shape index (κ2) is 12.3. The van der Waals surface area contributed by atoms with Crippen LogP contribution in [0.1, 0.15) is 24.5 Å². The summed E-state index contributed by atoms with van der Waals surface area (Å²) in [5, 5.41) is 10.4. The number of carbonyl (C=O) groups is 3. The molecule has 3 amide bonds. The minimum absolute atomic E-state index is 0.00282. The van der Waals surface area contributed by atoms with Gasteiger partial charge in [0.1, 0.15) is 6.04 Å². The lowest BCUT2D eigenvalue weighted by Gasteiger charge is -2.41. The topological polar surface area (TPSA) is 81.2 Å². The largest absolute Gasteiger partial charge is 0.395 e. The van der Waals surface area contributed by atoms with Gasteiger partial charge < -0.3 is 19.8 Å². The number of aliphatic hydroxyl groups is 1. The Kier molecular flexibility index (Phi) is 8.88. The van der Waals surface area contributed by atoms with Crippen molar-refractivity contribution in [3.8, 4) is 0 Å². The van der Waals surface area contributed by atoms with E-state index in [1.807, 2.05) is 49.4 Å². The summed E-state index contributed by atoms with van der Waals surface area (Å²) in [6, 6.07) is 14.4. The number of para-hydroxylation sites is 1. The molecule has 0 saturated carbocycles. The minimum Gasteiger partial charge on any atom is -0.395 e. The van der Waals surface area contributed by atoms with Gasteiger partial charge in [0.05, 0.1) is 33.9 Å². The fraction of sp³-hybridized carbons (Fsp3) is 0.424. The summed E-state index contributed by atoms with van der Waals surface area (Å²) in [6.07, 6.45) is 4.08. The first-order valence-electron chi connectivity index (χ1n) is 14.4. The number of halogens is 1. The van der Waals surface area contributed by atoms with E-state index in [0.29, 0.717) is 23.8 Å². The van der Waals surface area contributed by atoms with Gasteiger partial charge in [0.25, 0.3) is 5.91 Å². The maximum absolute atomic E-state index is 14.7. The molecule has 2 bridgehead atoms. The Balaban J connectivity index is 1.56. The number of aryl methyl sites for hydroxylation is 1. The molecule has 7 nitrogen and oxygen atoms in total. The van der Waals surface area contributed by atoms with Gasteiger partial charge in [0.15, 0.2) is 0 Å². The quantitative estimate of drug-likeness (QED) is 0.374. The molecule has 42 heavy (non-hydrogen) atoms. The highest BCUT2D eigenvalue weighted by atomic mass is 35.5. The predicted octanol–water partition coefficient (Wildman–Crippen LogP) is 4.71. The maximum Gasteiger partial charge on any atom is 0.251 e. The second-order valence-electron chi connectivity index (χ2n) is 11.4. The number of thioether (sulfide) groups is 1. The molecule has 3 aliphatic heterocycles. The monoisotopic (exact) mass is 607 g/mol. The Morgan fingerprint density at radius 3 is 2.48 bits per heavy atom. The van der Waals surface area contributed by atoms with E-state index in [1.165, 1.54) is 4.90 Å². The normalized spacial score (nSPS) is 27.6. The van der Waals surface area contributed by atoms with E-state index in [2.05, 4.69) is 20.1 Å². The molecule has 1 spiro atoms. The molecule has 2 aromatic carbocycles. The van der Waals surface area contributed by atoms with Gasteiger partial charge in [0, 0.05) is 31.4 Å². The number of rotatable bonds is 11. The summed E-state index contributed by atoms with van der Waals surface area (Å²) in [5.41, 5.74) is 2.41. The number of anilines is 1. The number of nitrogens with zero attached hydrogens (tertiary/aromatic N) is 3.